The zero-order chi connectivity index (χ0) is 42.0. The van der Waals surface area contributed by atoms with Gasteiger partial charge >= 0.3 is 29.8 Å². The third-order valence-corrected chi connectivity index (χ3v) is 10.0. The van der Waals surface area contributed by atoms with Crippen LogP contribution in [-0.2, 0) is 23.7 Å². The summed E-state index contributed by atoms with van der Waals surface area (Å²) >= 11 is 0. The minimum atomic E-state index is -2.65. The van der Waals surface area contributed by atoms with Crippen molar-refractivity contribution in [2.24, 2.45) is 0 Å². The molecule has 12 N–H and O–H groups in total. The number of benzene rings is 4. The van der Waals surface area contributed by atoms with E-state index in [1.54, 1.807) is 0 Å². The normalized spacial score (nSPS) is 23.4. The van der Waals surface area contributed by atoms with E-state index in [1.165, 1.54) is 0 Å². The molecule has 6 atom stereocenters. The number of ether oxygens (including phenoxy) is 5. The maximum Gasteiger partial charge on any atom is 0.339 e. The number of fused-ring (bicyclic) bond motifs is 6. The van der Waals surface area contributed by atoms with E-state index >= 15 is 0 Å². The maximum absolute atomic E-state index is 14.1. The van der Waals surface area contributed by atoms with Crippen molar-refractivity contribution in [2.75, 3.05) is 6.61 Å². The molecule has 0 aliphatic carbocycles. The molecule has 22 nitrogen and oxygen atoms in total. The van der Waals surface area contributed by atoms with E-state index in [4.69, 9.17) is 23.7 Å². The Bertz CT molecular complexity index is 2590. The molecule has 0 saturated carbocycles. The summed E-state index contributed by atoms with van der Waals surface area (Å²) in [5.74, 6) is -20.3. The Morgan fingerprint density at radius 2 is 0.879 bits per heavy atom. The summed E-state index contributed by atoms with van der Waals surface area (Å²) in [7, 11) is 0. The van der Waals surface area contributed by atoms with Crippen molar-refractivity contribution in [3.05, 3.63) is 68.8 Å². The van der Waals surface area contributed by atoms with Gasteiger partial charge in [0.05, 0.1) is 44.5 Å². The number of hydrogen-bond donors (Lipinski definition) is 12. The van der Waals surface area contributed by atoms with Crippen molar-refractivity contribution in [1.82, 2.24) is 0 Å². The molecule has 4 aromatic rings. The van der Waals surface area contributed by atoms with E-state index in [0.29, 0.717) is 18.2 Å². The SMILES string of the molecule is O=C1OC[C@H]2OC(=O)c3cc(O)c(O)c(O)c3[C@@H]3OC(=O)c4cc5c(c(O)c43)[C@H](OC5=O)[C@H](O)[C@@H](O)[C@@H]2OC(=O)c2cc(O)c(O)c(O)c2-c2c1cc(O)c(O)c2O. The van der Waals surface area contributed by atoms with E-state index in [9.17, 15) is 85.3 Å². The Labute approximate surface area is 319 Å². The molecule has 0 amide bonds. The predicted molar refractivity (Wildman–Crippen MR) is 178 cm³/mol. The lowest BCUT2D eigenvalue weighted by molar-refractivity contribution is -0.146. The molecular formula is C36H24O22. The highest BCUT2D eigenvalue weighted by Crippen LogP contribution is 2.55. The number of cyclic esters (lactones) is 1. The molecule has 300 valence electrons. The highest BCUT2D eigenvalue weighted by molar-refractivity contribution is 6.09. The quantitative estimate of drug-likeness (QED) is 0.0655. The van der Waals surface area contributed by atoms with Gasteiger partial charge in [-0.15, -0.1) is 0 Å². The molecule has 4 heterocycles. The number of aliphatic hydroxyl groups is 2. The van der Waals surface area contributed by atoms with Gasteiger partial charge in [-0.05, 0) is 24.3 Å². The van der Waals surface area contributed by atoms with Crippen molar-refractivity contribution < 1.29 is 109 Å². The summed E-state index contributed by atoms with van der Waals surface area (Å²) < 4.78 is 26.9. The number of aromatic hydroxyl groups is 10. The fourth-order valence-electron chi connectivity index (χ4n) is 7.27. The van der Waals surface area contributed by atoms with Crippen molar-refractivity contribution in [1.29, 1.82) is 0 Å². The first-order valence-corrected chi connectivity index (χ1v) is 16.4. The Morgan fingerprint density at radius 3 is 1.48 bits per heavy atom. The summed E-state index contributed by atoms with van der Waals surface area (Å²) in [6.07, 6.45) is -14.2. The van der Waals surface area contributed by atoms with Gasteiger partial charge in [0, 0.05) is 11.1 Å². The summed E-state index contributed by atoms with van der Waals surface area (Å²) in [5.41, 5.74) is -8.17. The molecule has 0 saturated heterocycles. The van der Waals surface area contributed by atoms with Gasteiger partial charge in [-0.25, -0.2) is 24.0 Å². The topological polar surface area (TPSA) is 374 Å². The molecule has 0 radical (unpaired) electrons. The number of hydrogen-bond acceptors (Lipinski definition) is 22. The van der Waals surface area contributed by atoms with E-state index in [1.807, 2.05) is 0 Å². The number of esters is 5. The molecule has 0 unspecified atom stereocenters. The van der Waals surface area contributed by atoms with Gasteiger partial charge in [-0.1, -0.05) is 0 Å². The first-order valence-electron chi connectivity index (χ1n) is 16.4. The van der Waals surface area contributed by atoms with Crippen LogP contribution in [0.3, 0.4) is 0 Å². The molecule has 22 heteroatoms. The second-order valence-corrected chi connectivity index (χ2v) is 13.2. The molecule has 0 fully saturated rings. The average Bonchev–Trinajstić information content (AvgIpc) is 3.70. The zero-order valence-electron chi connectivity index (χ0n) is 28.4. The van der Waals surface area contributed by atoms with Crippen molar-refractivity contribution in [2.45, 2.75) is 36.6 Å². The molecule has 58 heavy (non-hydrogen) atoms. The Balaban J connectivity index is 1.39. The molecule has 8 rings (SSSR count). The lowest BCUT2D eigenvalue weighted by Gasteiger charge is -2.33. The van der Waals surface area contributed by atoms with Gasteiger partial charge in [0.15, 0.2) is 58.9 Å². The fraction of sp³-hybridized carbons (Fsp3) is 0.194. The number of carbonyl (C=O) groups is 5. The fourth-order valence-corrected chi connectivity index (χ4v) is 7.27. The molecule has 0 spiro atoms. The van der Waals surface area contributed by atoms with E-state index < -0.39 is 186 Å². The van der Waals surface area contributed by atoms with Gasteiger partial charge in [0.2, 0.25) is 17.2 Å². The second-order valence-electron chi connectivity index (χ2n) is 13.2. The van der Waals surface area contributed by atoms with E-state index in [2.05, 4.69) is 0 Å². The summed E-state index contributed by atoms with van der Waals surface area (Å²) in [4.78, 5) is 68.2. The Hall–Kier alpha value is -7.85. The van der Waals surface area contributed by atoms with Crippen molar-refractivity contribution in [3.63, 3.8) is 0 Å². The predicted octanol–water partition coefficient (Wildman–Crippen LogP) is 0.538. The lowest BCUT2D eigenvalue weighted by Crippen LogP contribution is -2.52. The van der Waals surface area contributed by atoms with E-state index in [-0.39, 0.29) is 0 Å². The van der Waals surface area contributed by atoms with Crippen molar-refractivity contribution in [3.8, 4) is 68.6 Å². The third-order valence-electron chi connectivity index (χ3n) is 10.0. The van der Waals surface area contributed by atoms with Crippen LogP contribution in [0.2, 0.25) is 0 Å². The summed E-state index contributed by atoms with van der Waals surface area (Å²) in [5, 5.41) is 130. The first kappa shape index (κ1) is 37.1. The number of carbonyl (C=O) groups excluding carboxylic acids is 5. The summed E-state index contributed by atoms with van der Waals surface area (Å²) in [6.45, 7) is -1.34. The highest BCUT2D eigenvalue weighted by atomic mass is 16.6. The number of phenolic OH excluding ortho intramolecular Hbond substituents is 10. The van der Waals surface area contributed by atoms with Crippen LogP contribution in [0.15, 0.2) is 24.3 Å². The van der Waals surface area contributed by atoms with Crippen LogP contribution in [-0.4, -0.2) is 122 Å². The highest BCUT2D eigenvalue weighted by Gasteiger charge is 2.52. The van der Waals surface area contributed by atoms with Crippen LogP contribution in [0.4, 0.5) is 0 Å². The third kappa shape index (κ3) is 5.08. The van der Waals surface area contributed by atoms with Crippen molar-refractivity contribution >= 4 is 29.8 Å². The first-order chi connectivity index (χ1) is 27.3. The van der Waals surface area contributed by atoms with Crippen LogP contribution in [0, 0.1) is 0 Å². The number of aliphatic hydroxyl groups excluding tert-OH is 2. The Morgan fingerprint density at radius 1 is 0.431 bits per heavy atom. The van der Waals surface area contributed by atoms with Gasteiger partial charge in [-0.3, -0.25) is 0 Å². The largest absolute Gasteiger partial charge is 0.507 e. The minimum absolute atomic E-state index is 0.423. The summed E-state index contributed by atoms with van der Waals surface area (Å²) in [6, 6.07) is 2.27. The molecular weight excluding hydrogens is 784 g/mol. The van der Waals surface area contributed by atoms with Gasteiger partial charge in [0.25, 0.3) is 0 Å². The van der Waals surface area contributed by atoms with Crippen LogP contribution >= 0.6 is 0 Å². The van der Waals surface area contributed by atoms with E-state index in [0.717, 1.165) is 6.07 Å². The molecule has 2 bridgehead atoms. The standard InChI is InChI=1S/C36H24O22/c37-11-2-8-15(24(44)20(11)40)16-9(3-12(38)21(41)25(16)45)36(53)56-29-14(5-54-32(8)49)55-33(50)10-4-13(39)22(42)26(46)19(10)30-17-6(34(51)57-30)1-7-18(23(17)43)31(58-35(7)52)28(48)27(29)47/h1-4,14,27-31,37-48H,5H2/t14-,27-,28-,29-,30-,31+/m1/s1. The Kier molecular flexibility index (Phi) is 8.05. The second kappa shape index (κ2) is 12.6. The average molecular weight is 809 g/mol. The monoisotopic (exact) mass is 808 g/mol. The molecule has 4 aliphatic rings. The van der Waals surface area contributed by atoms with Gasteiger partial charge in [0.1, 0.15) is 24.6 Å². The smallest absolute Gasteiger partial charge is 0.339 e. The van der Waals surface area contributed by atoms with Gasteiger partial charge < -0.3 is 85.0 Å². The zero-order valence-corrected chi connectivity index (χ0v) is 28.4. The number of rotatable bonds is 0. The number of phenols is 10. The molecule has 0 aromatic heterocycles. The lowest BCUT2D eigenvalue weighted by atomic mass is 9.87. The molecule has 4 aliphatic heterocycles. The van der Waals surface area contributed by atoms with Crippen LogP contribution in [0.1, 0.15) is 80.7 Å². The minimum Gasteiger partial charge on any atom is -0.507 e. The molecule has 4 aromatic carbocycles. The van der Waals surface area contributed by atoms with Gasteiger partial charge in [-0.2, -0.15) is 0 Å². The van der Waals surface area contributed by atoms with Crippen LogP contribution in [0.25, 0.3) is 11.1 Å². The van der Waals surface area contributed by atoms with Crippen LogP contribution < -0.4 is 0 Å². The maximum atomic E-state index is 14.1. The van der Waals surface area contributed by atoms with Crippen LogP contribution in [0.5, 0.6) is 57.5 Å².